The van der Waals surface area contributed by atoms with Crippen LogP contribution in [0.2, 0.25) is 0 Å². The van der Waals surface area contributed by atoms with E-state index >= 15 is 0 Å². The second-order valence-electron chi connectivity index (χ2n) is 4.41. The molecule has 1 aliphatic rings. The number of amides is 1. The maximum atomic E-state index is 11.8. The van der Waals surface area contributed by atoms with Crippen molar-refractivity contribution in [3.8, 4) is 0 Å². The first kappa shape index (κ1) is 12.6. The molecule has 4 nitrogen and oxygen atoms in total. The van der Waals surface area contributed by atoms with E-state index in [9.17, 15) is 9.90 Å². The number of rotatable bonds is 3. The molecule has 1 aromatic rings. The van der Waals surface area contributed by atoms with E-state index in [1.807, 2.05) is 30.3 Å². The largest absolute Gasteiger partial charge is 0.445 e. The van der Waals surface area contributed by atoms with Gasteiger partial charge in [0.2, 0.25) is 0 Å². The molecule has 2 atom stereocenters. The van der Waals surface area contributed by atoms with Crippen molar-refractivity contribution in [3.63, 3.8) is 0 Å². The van der Waals surface area contributed by atoms with Gasteiger partial charge in [0.05, 0.1) is 12.6 Å². The molecule has 0 aliphatic carbocycles. The number of aliphatic hydroxyl groups excluding tert-OH is 1. The third kappa shape index (κ3) is 2.90. The lowest BCUT2D eigenvalue weighted by molar-refractivity contribution is 0.0969. The highest BCUT2D eigenvalue weighted by molar-refractivity contribution is 5.68. The van der Waals surface area contributed by atoms with Crippen LogP contribution in [0.3, 0.4) is 0 Å². The van der Waals surface area contributed by atoms with E-state index in [0.717, 1.165) is 5.56 Å². The molecule has 1 aliphatic heterocycles. The van der Waals surface area contributed by atoms with Crippen molar-refractivity contribution in [1.82, 2.24) is 4.90 Å². The highest BCUT2D eigenvalue weighted by Gasteiger charge is 2.32. The number of likely N-dealkylation sites (tertiary alicyclic amines) is 1. The van der Waals surface area contributed by atoms with Crippen molar-refractivity contribution in [2.24, 2.45) is 5.92 Å². The molecule has 1 fully saturated rings. The maximum Gasteiger partial charge on any atom is 0.410 e. The lowest BCUT2D eigenvalue weighted by atomic mass is 10.1. The first-order valence-corrected chi connectivity index (χ1v) is 5.97. The molecular formula is C14H17NO3. The van der Waals surface area contributed by atoms with Crippen molar-refractivity contribution < 1.29 is 14.6 Å². The Morgan fingerprint density at radius 2 is 2.17 bits per heavy atom. The number of β-amino-alcohol motifs (C(OH)–C–C–N with tert-alkyl or cyclic N) is 1. The van der Waals surface area contributed by atoms with Crippen LogP contribution in [0.4, 0.5) is 4.79 Å². The Hall–Kier alpha value is -1.81. The molecule has 1 N–H and O–H groups in total. The minimum atomic E-state index is -0.535. The second-order valence-corrected chi connectivity index (χ2v) is 4.41. The topological polar surface area (TPSA) is 49.8 Å². The fraction of sp³-hybridized carbons (Fsp3) is 0.357. The second kappa shape index (κ2) is 5.69. The monoisotopic (exact) mass is 247 g/mol. The fourth-order valence-electron chi connectivity index (χ4n) is 2.00. The highest BCUT2D eigenvalue weighted by atomic mass is 16.6. The Bertz CT molecular complexity index is 418. The Morgan fingerprint density at radius 3 is 2.78 bits per heavy atom. The number of nitrogens with zero attached hydrogens (tertiary/aromatic N) is 1. The van der Waals surface area contributed by atoms with Crippen LogP contribution in [0.25, 0.3) is 0 Å². The summed E-state index contributed by atoms with van der Waals surface area (Å²) in [5.41, 5.74) is 0.950. The molecule has 0 aromatic heterocycles. The number of carbonyl (C=O) groups is 1. The Morgan fingerprint density at radius 1 is 1.44 bits per heavy atom. The predicted octanol–water partition coefficient (Wildman–Crippen LogP) is 1.80. The standard InChI is InChI=1S/C14H17NO3/c1-2-12-8-15(9-13(12)16)14(17)18-10-11-6-4-3-5-7-11/h2-7,12-13,16H,1,8-10H2. The molecule has 1 aromatic carbocycles. The van der Waals surface area contributed by atoms with E-state index in [0.29, 0.717) is 13.1 Å². The summed E-state index contributed by atoms with van der Waals surface area (Å²) >= 11 is 0. The quantitative estimate of drug-likeness (QED) is 0.829. The average molecular weight is 247 g/mol. The van der Waals surface area contributed by atoms with Crippen molar-refractivity contribution in [2.75, 3.05) is 13.1 Å². The minimum absolute atomic E-state index is 0.0609. The number of carbonyl (C=O) groups excluding carboxylic acids is 1. The fourth-order valence-corrected chi connectivity index (χ4v) is 2.00. The van der Waals surface area contributed by atoms with Crippen LogP contribution in [0.5, 0.6) is 0 Å². The SMILES string of the molecule is C=CC1CN(C(=O)OCc2ccccc2)CC1O. The van der Waals surface area contributed by atoms with Gasteiger partial charge in [0.25, 0.3) is 0 Å². The first-order valence-electron chi connectivity index (χ1n) is 5.97. The molecule has 0 spiro atoms. The molecule has 0 bridgehead atoms. The summed E-state index contributed by atoms with van der Waals surface area (Å²) in [5, 5.41) is 9.67. The van der Waals surface area contributed by atoms with E-state index in [1.165, 1.54) is 4.90 Å². The molecule has 0 saturated carbocycles. The van der Waals surface area contributed by atoms with Gasteiger partial charge < -0.3 is 14.7 Å². The predicted molar refractivity (Wildman–Crippen MR) is 67.9 cm³/mol. The van der Waals surface area contributed by atoms with Gasteiger partial charge in [-0.3, -0.25) is 0 Å². The van der Waals surface area contributed by atoms with Gasteiger partial charge >= 0.3 is 6.09 Å². The molecule has 2 unspecified atom stereocenters. The van der Waals surface area contributed by atoms with Gasteiger partial charge in [-0.2, -0.15) is 0 Å². The van der Waals surface area contributed by atoms with Gasteiger partial charge in [0.15, 0.2) is 0 Å². The van der Waals surface area contributed by atoms with Crippen molar-refractivity contribution in [1.29, 1.82) is 0 Å². The molecule has 96 valence electrons. The smallest absolute Gasteiger partial charge is 0.410 e. The minimum Gasteiger partial charge on any atom is -0.445 e. The number of benzene rings is 1. The summed E-state index contributed by atoms with van der Waals surface area (Å²) in [7, 11) is 0. The van der Waals surface area contributed by atoms with E-state index in [1.54, 1.807) is 6.08 Å². The van der Waals surface area contributed by atoms with Gasteiger partial charge in [-0.05, 0) is 5.56 Å². The lowest BCUT2D eigenvalue weighted by Gasteiger charge is -2.15. The van der Waals surface area contributed by atoms with Gasteiger partial charge in [-0.25, -0.2) is 4.79 Å². The summed E-state index contributed by atoms with van der Waals surface area (Å²) < 4.78 is 5.19. The third-order valence-corrected chi connectivity index (χ3v) is 3.10. The van der Waals surface area contributed by atoms with E-state index in [-0.39, 0.29) is 18.6 Å². The summed E-state index contributed by atoms with van der Waals surface area (Å²) in [4.78, 5) is 13.3. The first-order chi connectivity index (χ1) is 8.70. The molecule has 1 amide bonds. The zero-order chi connectivity index (χ0) is 13.0. The molecule has 4 heteroatoms. The maximum absolute atomic E-state index is 11.8. The van der Waals surface area contributed by atoms with Crippen LogP contribution in [-0.2, 0) is 11.3 Å². The normalized spacial score (nSPS) is 22.8. The molecular weight excluding hydrogens is 230 g/mol. The molecule has 1 heterocycles. The zero-order valence-electron chi connectivity index (χ0n) is 10.2. The van der Waals surface area contributed by atoms with Crippen LogP contribution in [0, 0.1) is 5.92 Å². The molecule has 2 rings (SSSR count). The number of ether oxygens (including phenoxy) is 1. The van der Waals surface area contributed by atoms with Crippen LogP contribution >= 0.6 is 0 Å². The molecule has 1 saturated heterocycles. The van der Waals surface area contributed by atoms with Crippen LogP contribution in [-0.4, -0.2) is 35.3 Å². The summed E-state index contributed by atoms with van der Waals surface area (Å²) in [5.74, 6) is -0.0609. The van der Waals surface area contributed by atoms with E-state index < -0.39 is 6.10 Å². The number of aliphatic hydroxyl groups is 1. The van der Waals surface area contributed by atoms with Gasteiger partial charge in [-0.1, -0.05) is 36.4 Å². The van der Waals surface area contributed by atoms with Crippen molar-refractivity contribution in [2.45, 2.75) is 12.7 Å². The third-order valence-electron chi connectivity index (χ3n) is 3.10. The van der Waals surface area contributed by atoms with Gasteiger partial charge in [-0.15, -0.1) is 6.58 Å². The van der Waals surface area contributed by atoms with Gasteiger partial charge in [0.1, 0.15) is 6.61 Å². The van der Waals surface area contributed by atoms with E-state index in [2.05, 4.69) is 6.58 Å². The molecule has 0 radical (unpaired) electrons. The van der Waals surface area contributed by atoms with Crippen LogP contribution in [0.15, 0.2) is 43.0 Å². The van der Waals surface area contributed by atoms with Crippen molar-refractivity contribution >= 4 is 6.09 Å². The highest BCUT2D eigenvalue weighted by Crippen LogP contribution is 2.18. The van der Waals surface area contributed by atoms with Crippen molar-refractivity contribution in [3.05, 3.63) is 48.6 Å². The summed E-state index contributed by atoms with van der Waals surface area (Å²) in [6, 6.07) is 9.52. The zero-order valence-corrected chi connectivity index (χ0v) is 10.2. The Labute approximate surface area is 106 Å². The van der Waals surface area contributed by atoms with Crippen LogP contribution < -0.4 is 0 Å². The van der Waals surface area contributed by atoms with E-state index in [4.69, 9.17) is 4.74 Å². The van der Waals surface area contributed by atoms with Crippen LogP contribution in [0.1, 0.15) is 5.56 Å². The Kier molecular flexibility index (Phi) is 3.99. The van der Waals surface area contributed by atoms with Gasteiger partial charge in [0, 0.05) is 12.5 Å². The molecule has 18 heavy (non-hydrogen) atoms. The number of hydrogen-bond donors (Lipinski definition) is 1. The number of hydrogen-bond acceptors (Lipinski definition) is 3. The summed E-state index contributed by atoms with van der Waals surface area (Å²) in [6.45, 7) is 4.68. The average Bonchev–Trinajstić information content (AvgIpc) is 2.78. The summed E-state index contributed by atoms with van der Waals surface area (Å²) in [6.07, 6.45) is 0.754. The lowest BCUT2D eigenvalue weighted by Crippen LogP contribution is -2.30. The Balaban J connectivity index is 1.84.